The first-order chi connectivity index (χ1) is 10.8. The molecular formula is C15H26ClN3O4S. The molecule has 1 N–H and O–H groups in total. The van der Waals surface area contributed by atoms with Gasteiger partial charge in [-0.2, -0.15) is 0 Å². The molecule has 0 bridgehead atoms. The topological polar surface area (TPSA) is 82.9 Å². The van der Waals surface area contributed by atoms with E-state index in [0.29, 0.717) is 17.9 Å². The largest absolute Gasteiger partial charge is 0.448 e. The maximum absolute atomic E-state index is 12.9. The van der Waals surface area contributed by atoms with Crippen molar-refractivity contribution >= 4 is 28.3 Å². The minimum atomic E-state index is -3.69. The summed E-state index contributed by atoms with van der Waals surface area (Å²) in [6.07, 6.45) is 1.76. The number of halogens is 1. The molecule has 0 spiro atoms. The Morgan fingerprint density at radius 2 is 2.08 bits per heavy atom. The van der Waals surface area contributed by atoms with Gasteiger partial charge in [-0.1, -0.05) is 6.92 Å². The minimum absolute atomic E-state index is 0. The van der Waals surface area contributed by atoms with Gasteiger partial charge >= 0.3 is 0 Å². The van der Waals surface area contributed by atoms with Gasteiger partial charge in [-0.15, -0.1) is 12.4 Å². The SMILES string of the molecule is CCCN(C(=O)c1cc(S(=O)(=O)N(C)C)oc1C)C1CCNC1.Cl. The van der Waals surface area contributed by atoms with Crippen LogP contribution in [0.1, 0.15) is 35.9 Å². The van der Waals surface area contributed by atoms with Crippen LogP contribution in [0.4, 0.5) is 0 Å². The molecule has 1 aliphatic rings. The highest BCUT2D eigenvalue weighted by Crippen LogP contribution is 2.24. The van der Waals surface area contributed by atoms with Crippen LogP contribution in [0.3, 0.4) is 0 Å². The van der Waals surface area contributed by atoms with Crippen LogP contribution < -0.4 is 5.32 Å². The van der Waals surface area contributed by atoms with Gasteiger partial charge in [0.2, 0.25) is 5.09 Å². The number of hydrogen-bond acceptors (Lipinski definition) is 5. The summed E-state index contributed by atoms with van der Waals surface area (Å²) in [7, 11) is -0.820. The third-order valence-electron chi connectivity index (χ3n) is 4.06. The van der Waals surface area contributed by atoms with Crippen LogP contribution in [-0.2, 0) is 10.0 Å². The van der Waals surface area contributed by atoms with Crippen LogP contribution in [0.25, 0.3) is 0 Å². The summed E-state index contributed by atoms with van der Waals surface area (Å²) >= 11 is 0. The first kappa shape index (κ1) is 21.0. The molecule has 0 saturated carbocycles. The summed E-state index contributed by atoms with van der Waals surface area (Å²) in [5, 5.41) is 3.07. The Bertz CT molecular complexity index is 666. The van der Waals surface area contributed by atoms with Crippen LogP contribution in [0.15, 0.2) is 15.6 Å². The summed E-state index contributed by atoms with van der Waals surface area (Å²) in [4.78, 5) is 14.7. The maximum Gasteiger partial charge on any atom is 0.275 e. The average molecular weight is 380 g/mol. The van der Waals surface area contributed by atoms with Crippen LogP contribution >= 0.6 is 12.4 Å². The zero-order chi connectivity index (χ0) is 17.2. The Kier molecular flexibility index (Phi) is 7.27. The molecule has 138 valence electrons. The Balaban J connectivity index is 0.00000288. The smallest absolute Gasteiger partial charge is 0.275 e. The van der Waals surface area contributed by atoms with Crippen LogP contribution in [0.5, 0.6) is 0 Å². The highest BCUT2D eigenvalue weighted by atomic mass is 35.5. The molecule has 24 heavy (non-hydrogen) atoms. The van der Waals surface area contributed by atoms with Crippen LogP contribution in [0, 0.1) is 6.92 Å². The molecule has 1 saturated heterocycles. The number of nitrogens with zero attached hydrogens (tertiary/aromatic N) is 2. The molecule has 0 aromatic carbocycles. The molecule has 1 amide bonds. The van der Waals surface area contributed by atoms with Gasteiger partial charge in [-0.05, 0) is 26.3 Å². The Labute approximate surface area is 149 Å². The lowest BCUT2D eigenvalue weighted by Gasteiger charge is -2.28. The van der Waals surface area contributed by atoms with Crippen molar-refractivity contribution in [3.63, 3.8) is 0 Å². The van der Waals surface area contributed by atoms with Crippen molar-refractivity contribution in [1.29, 1.82) is 0 Å². The number of sulfonamides is 1. The lowest BCUT2D eigenvalue weighted by atomic mass is 10.1. The Hall–Kier alpha value is -1.09. The monoisotopic (exact) mass is 379 g/mol. The number of rotatable bonds is 6. The van der Waals surface area contributed by atoms with E-state index in [1.165, 1.54) is 20.2 Å². The van der Waals surface area contributed by atoms with E-state index in [1.807, 2.05) is 11.8 Å². The average Bonchev–Trinajstić information content (AvgIpc) is 3.13. The number of nitrogens with one attached hydrogen (secondary N) is 1. The van der Waals surface area contributed by atoms with Crippen LogP contribution in [-0.4, -0.2) is 63.3 Å². The van der Waals surface area contributed by atoms with Crippen molar-refractivity contribution in [3.8, 4) is 0 Å². The highest BCUT2D eigenvalue weighted by molar-refractivity contribution is 7.88. The molecular weight excluding hydrogens is 354 g/mol. The molecule has 9 heteroatoms. The summed E-state index contributed by atoms with van der Waals surface area (Å²) in [5.41, 5.74) is 0.325. The summed E-state index contributed by atoms with van der Waals surface area (Å²) in [5.74, 6) is 0.171. The van der Waals surface area contributed by atoms with E-state index in [-0.39, 0.29) is 29.4 Å². The number of carbonyl (C=O) groups excluding carboxylic acids is 1. The molecule has 0 radical (unpaired) electrons. The number of aryl methyl sites for hydroxylation is 1. The third-order valence-corrected chi connectivity index (χ3v) is 5.73. The van der Waals surface area contributed by atoms with E-state index in [4.69, 9.17) is 4.42 Å². The second-order valence-electron chi connectivity index (χ2n) is 5.97. The maximum atomic E-state index is 12.9. The number of hydrogen-bond donors (Lipinski definition) is 1. The van der Waals surface area contributed by atoms with E-state index in [0.717, 1.165) is 30.2 Å². The lowest BCUT2D eigenvalue weighted by molar-refractivity contribution is 0.0690. The summed E-state index contributed by atoms with van der Waals surface area (Å²) in [6, 6.07) is 1.49. The van der Waals surface area contributed by atoms with E-state index < -0.39 is 10.0 Å². The Morgan fingerprint density at radius 1 is 1.42 bits per heavy atom. The summed E-state index contributed by atoms with van der Waals surface area (Å²) in [6.45, 7) is 5.95. The highest BCUT2D eigenvalue weighted by Gasteiger charge is 2.31. The van der Waals surface area contributed by atoms with E-state index in [1.54, 1.807) is 6.92 Å². The number of carbonyl (C=O) groups is 1. The van der Waals surface area contributed by atoms with Crippen molar-refractivity contribution < 1.29 is 17.6 Å². The number of amides is 1. The Morgan fingerprint density at radius 3 is 2.58 bits per heavy atom. The fourth-order valence-corrected chi connectivity index (χ4v) is 3.58. The number of furan rings is 1. The van der Waals surface area contributed by atoms with Gasteiger partial charge in [0.1, 0.15) is 5.76 Å². The fourth-order valence-electron chi connectivity index (χ4n) is 2.73. The summed E-state index contributed by atoms with van der Waals surface area (Å²) < 4.78 is 30.8. The van der Waals surface area contributed by atoms with Crippen molar-refractivity contribution in [3.05, 3.63) is 17.4 Å². The van der Waals surface area contributed by atoms with Gasteiger partial charge in [0, 0.05) is 39.3 Å². The van der Waals surface area contributed by atoms with E-state index >= 15 is 0 Å². The fraction of sp³-hybridized carbons (Fsp3) is 0.667. The van der Waals surface area contributed by atoms with Crippen molar-refractivity contribution in [2.45, 2.75) is 37.8 Å². The van der Waals surface area contributed by atoms with Crippen molar-refractivity contribution in [2.75, 3.05) is 33.7 Å². The zero-order valence-electron chi connectivity index (χ0n) is 14.5. The van der Waals surface area contributed by atoms with Gasteiger partial charge in [0.05, 0.1) is 5.56 Å². The third kappa shape index (κ3) is 4.11. The molecule has 1 fully saturated rings. The minimum Gasteiger partial charge on any atom is -0.448 e. The molecule has 1 aromatic rings. The van der Waals surface area contributed by atoms with E-state index in [9.17, 15) is 13.2 Å². The molecule has 2 heterocycles. The van der Waals surface area contributed by atoms with Gasteiger partial charge in [0.25, 0.3) is 15.9 Å². The lowest BCUT2D eigenvalue weighted by Crippen LogP contribution is -2.42. The second kappa shape index (κ2) is 8.33. The predicted octanol–water partition coefficient (Wildman–Crippen LogP) is 1.47. The first-order valence-electron chi connectivity index (χ1n) is 7.83. The van der Waals surface area contributed by atoms with Gasteiger partial charge in [-0.3, -0.25) is 4.79 Å². The van der Waals surface area contributed by atoms with E-state index in [2.05, 4.69) is 5.32 Å². The molecule has 0 aliphatic carbocycles. The molecule has 1 aromatic heterocycles. The molecule has 1 atom stereocenters. The quantitative estimate of drug-likeness (QED) is 0.809. The predicted molar refractivity (Wildman–Crippen MR) is 94.2 cm³/mol. The normalized spacial score (nSPS) is 17.8. The molecule has 1 aliphatic heterocycles. The zero-order valence-corrected chi connectivity index (χ0v) is 16.2. The second-order valence-corrected chi connectivity index (χ2v) is 8.05. The molecule has 7 nitrogen and oxygen atoms in total. The van der Waals surface area contributed by atoms with Gasteiger partial charge < -0.3 is 14.6 Å². The van der Waals surface area contributed by atoms with Crippen molar-refractivity contribution in [2.24, 2.45) is 0 Å². The van der Waals surface area contributed by atoms with Gasteiger partial charge in [0.15, 0.2) is 0 Å². The van der Waals surface area contributed by atoms with Crippen molar-refractivity contribution in [1.82, 2.24) is 14.5 Å². The van der Waals surface area contributed by atoms with Crippen LogP contribution in [0.2, 0.25) is 0 Å². The first-order valence-corrected chi connectivity index (χ1v) is 9.27. The standard InChI is InChI=1S/C15H25N3O4S.ClH/c1-5-8-18(12-6-7-16-10-12)15(19)13-9-14(22-11(13)2)23(20,21)17(3)4;/h9,12,16H,5-8,10H2,1-4H3;1H. The van der Waals surface area contributed by atoms with Gasteiger partial charge in [-0.25, -0.2) is 12.7 Å². The molecule has 1 unspecified atom stereocenters. The molecule has 2 rings (SSSR count).